The maximum atomic E-state index is 12.4. The van der Waals surface area contributed by atoms with Gasteiger partial charge in [0.1, 0.15) is 5.76 Å². The van der Waals surface area contributed by atoms with E-state index in [2.05, 4.69) is 31.4 Å². The van der Waals surface area contributed by atoms with E-state index >= 15 is 0 Å². The molecule has 0 saturated carbocycles. The molecule has 0 fully saturated rings. The lowest BCUT2D eigenvalue weighted by atomic mass is 10.4. The van der Waals surface area contributed by atoms with Crippen LogP contribution in [0.3, 0.4) is 0 Å². The van der Waals surface area contributed by atoms with Crippen LogP contribution in [0.4, 0.5) is 0 Å². The first kappa shape index (κ1) is 14.2. The molecule has 0 N–H and O–H groups in total. The minimum atomic E-state index is -3.70. The first-order chi connectivity index (χ1) is 8.82. The summed E-state index contributed by atoms with van der Waals surface area (Å²) in [5.41, 5.74) is 0.537. The molecule has 0 aromatic carbocycles. The summed E-state index contributed by atoms with van der Waals surface area (Å²) < 4.78 is 32.2. The van der Waals surface area contributed by atoms with Crippen LogP contribution in [0.2, 0.25) is 0 Å². The SMILES string of the molecule is Cc1cc(CN(C)S(=O)(=O)c2c(Br)nnn2C)no1. The maximum absolute atomic E-state index is 12.4. The van der Waals surface area contributed by atoms with Gasteiger partial charge in [-0.05, 0) is 22.9 Å². The van der Waals surface area contributed by atoms with E-state index in [4.69, 9.17) is 4.52 Å². The van der Waals surface area contributed by atoms with Gasteiger partial charge in [-0.3, -0.25) is 0 Å². The summed E-state index contributed by atoms with van der Waals surface area (Å²) >= 11 is 3.08. The highest BCUT2D eigenvalue weighted by molar-refractivity contribution is 9.10. The molecular formula is C9H12BrN5O3S. The van der Waals surface area contributed by atoms with Gasteiger partial charge in [-0.25, -0.2) is 13.1 Å². The average molecular weight is 350 g/mol. The third kappa shape index (κ3) is 2.69. The Bertz CT molecular complexity index is 673. The summed E-state index contributed by atoms with van der Waals surface area (Å²) in [6, 6.07) is 1.68. The quantitative estimate of drug-likeness (QED) is 0.806. The van der Waals surface area contributed by atoms with Crippen LogP contribution >= 0.6 is 15.9 Å². The summed E-state index contributed by atoms with van der Waals surface area (Å²) in [5.74, 6) is 0.629. The van der Waals surface area contributed by atoms with Gasteiger partial charge in [-0.15, -0.1) is 5.10 Å². The van der Waals surface area contributed by atoms with Gasteiger partial charge >= 0.3 is 0 Å². The monoisotopic (exact) mass is 349 g/mol. The van der Waals surface area contributed by atoms with Crippen molar-refractivity contribution in [1.82, 2.24) is 24.5 Å². The van der Waals surface area contributed by atoms with Crippen molar-refractivity contribution < 1.29 is 12.9 Å². The Morgan fingerprint density at radius 2 is 2.21 bits per heavy atom. The van der Waals surface area contributed by atoms with Crippen molar-refractivity contribution in [1.29, 1.82) is 0 Å². The number of rotatable bonds is 4. The summed E-state index contributed by atoms with van der Waals surface area (Å²) in [6.45, 7) is 1.85. The number of aromatic nitrogens is 4. The van der Waals surface area contributed by atoms with E-state index in [0.29, 0.717) is 11.5 Å². The van der Waals surface area contributed by atoms with Gasteiger partial charge in [-0.2, -0.15) is 4.31 Å². The molecule has 0 unspecified atom stereocenters. The molecule has 8 nitrogen and oxygen atoms in total. The van der Waals surface area contributed by atoms with Gasteiger partial charge in [0.2, 0.25) is 5.03 Å². The second kappa shape index (κ2) is 5.02. The second-order valence-corrected chi connectivity index (χ2v) is 6.71. The molecule has 104 valence electrons. The first-order valence-electron chi connectivity index (χ1n) is 5.26. The standard InChI is InChI=1S/C9H12BrN5O3S/c1-6-4-7(12-18-6)5-14(2)19(16,17)9-8(10)11-13-15(9)3/h4H,5H2,1-3H3. The molecule has 0 aliphatic heterocycles. The molecule has 0 saturated heterocycles. The number of sulfonamides is 1. The van der Waals surface area contributed by atoms with E-state index in [1.54, 1.807) is 13.0 Å². The van der Waals surface area contributed by atoms with Gasteiger partial charge in [-0.1, -0.05) is 10.4 Å². The van der Waals surface area contributed by atoms with Crippen LogP contribution in [0, 0.1) is 6.92 Å². The van der Waals surface area contributed by atoms with Crippen LogP contribution in [0.15, 0.2) is 20.2 Å². The Morgan fingerprint density at radius 1 is 1.53 bits per heavy atom. The Kier molecular flexibility index (Phi) is 3.74. The largest absolute Gasteiger partial charge is 0.361 e. The van der Waals surface area contributed by atoms with Crippen molar-refractivity contribution >= 4 is 26.0 Å². The summed E-state index contributed by atoms with van der Waals surface area (Å²) in [5, 5.41) is 11.1. The van der Waals surface area contributed by atoms with Crippen molar-refractivity contribution in [3.63, 3.8) is 0 Å². The van der Waals surface area contributed by atoms with E-state index in [-0.39, 0.29) is 16.2 Å². The van der Waals surface area contributed by atoms with E-state index in [1.165, 1.54) is 18.8 Å². The van der Waals surface area contributed by atoms with Crippen molar-refractivity contribution in [2.45, 2.75) is 18.5 Å². The third-order valence-electron chi connectivity index (χ3n) is 2.45. The molecule has 0 spiro atoms. The predicted molar refractivity (Wildman–Crippen MR) is 68.6 cm³/mol. The van der Waals surface area contributed by atoms with Crippen molar-refractivity contribution in [3.05, 3.63) is 22.1 Å². The molecule has 0 aliphatic carbocycles. The molecule has 0 bridgehead atoms. The minimum Gasteiger partial charge on any atom is -0.361 e. The fourth-order valence-electron chi connectivity index (χ4n) is 1.55. The molecule has 2 heterocycles. The zero-order valence-corrected chi connectivity index (χ0v) is 12.9. The second-order valence-electron chi connectivity index (χ2n) is 4.00. The summed E-state index contributed by atoms with van der Waals surface area (Å²) in [7, 11) is -0.733. The van der Waals surface area contributed by atoms with Gasteiger partial charge in [0.15, 0.2) is 4.60 Å². The topological polar surface area (TPSA) is 94.1 Å². The fourth-order valence-corrected chi connectivity index (χ4v) is 3.71. The first-order valence-corrected chi connectivity index (χ1v) is 7.49. The zero-order chi connectivity index (χ0) is 14.2. The number of hydrogen-bond donors (Lipinski definition) is 0. The molecule has 2 rings (SSSR count). The van der Waals surface area contributed by atoms with Crippen LogP contribution in [-0.4, -0.2) is 39.9 Å². The normalized spacial score (nSPS) is 12.3. The zero-order valence-electron chi connectivity index (χ0n) is 10.5. The van der Waals surface area contributed by atoms with Crippen molar-refractivity contribution in [3.8, 4) is 0 Å². The molecule has 0 aliphatic rings. The van der Waals surface area contributed by atoms with E-state index in [1.807, 2.05) is 0 Å². The third-order valence-corrected chi connectivity index (χ3v) is 5.15. The van der Waals surface area contributed by atoms with Crippen LogP contribution in [0.1, 0.15) is 11.5 Å². The van der Waals surface area contributed by atoms with Crippen molar-refractivity contribution in [2.24, 2.45) is 7.05 Å². The van der Waals surface area contributed by atoms with E-state index < -0.39 is 10.0 Å². The highest BCUT2D eigenvalue weighted by atomic mass is 79.9. The van der Waals surface area contributed by atoms with Gasteiger partial charge < -0.3 is 4.52 Å². The fraction of sp³-hybridized carbons (Fsp3) is 0.444. The Labute approximate surface area is 118 Å². The molecule has 0 radical (unpaired) electrons. The van der Waals surface area contributed by atoms with Gasteiger partial charge in [0.05, 0.1) is 12.2 Å². The van der Waals surface area contributed by atoms with Crippen LogP contribution < -0.4 is 0 Å². The van der Waals surface area contributed by atoms with E-state index in [0.717, 1.165) is 4.31 Å². The lowest BCUT2D eigenvalue weighted by Gasteiger charge is -2.15. The highest BCUT2D eigenvalue weighted by Crippen LogP contribution is 2.22. The van der Waals surface area contributed by atoms with E-state index in [9.17, 15) is 8.42 Å². The van der Waals surface area contributed by atoms with Crippen LogP contribution in [0.25, 0.3) is 0 Å². The van der Waals surface area contributed by atoms with Gasteiger partial charge in [0, 0.05) is 20.2 Å². The molecule has 10 heteroatoms. The van der Waals surface area contributed by atoms with Crippen LogP contribution in [-0.2, 0) is 23.6 Å². The molecule has 2 aromatic rings. The number of hydrogen-bond acceptors (Lipinski definition) is 6. The number of nitrogens with zero attached hydrogens (tertiary/aromatic N) is 5. The predicted octanol–water partition coefficient (Wildman–Crippen LogP) is 0.695. The smallest absolute Gasteiger partial charge is 0.263 e. The molecule has 19 heavy (non-hydrogen) atoms. The number of halogens is 1. The summed E-state index contributed by atoms with van der Waals surface area (Å²) in [4.78, 5) is 0. The number of aryl methyl sites for hydroxylation is 2. The molecule has 2 aromatic heterocycles. The Balaban J connectivity index is 2.30. The minimum absolute atomic E-state index is 0.00443. The van der Waals surface area contributed by atoms with Crippen LogP contribution in [0.5, 0.6) is 0 Å². The lowest BCUT2D eigenvalue weighted by molar-refractivity contribution is 0.377. The average Bonchev–Trinajstić information content (AvgIpc) is 2.85. The highest BCUT2D eigenvalue weighted by Gasteiger charge is 2.29. The summed E-state index contributed by atoms with van der Waals surface area (Å²) in [6.07, 6.45) is 0. The Hall–Kier alpha value is -1.26. The lowest BCUT2D eigenvalue weighted by Crippen LogP contribution is -2.28. The molecule has 0 amide bonds. The molecule has 0 atom stereocenters. The van der Waals surface area contributed by atoms with Crippen molar-refractivity contribution in [2.75, 3.05) is 7.05 Å². The Morgan fingerprint density at radius 3 is 2.68 bits per heavy atom. The van der Waals surface area contributed by atoms with Gasteiger partial charge in [0.25, 0.3) is 10.0 Å². The maximum Gasteiger partial charge on any atom is 0.263 e. The molecular weight excluding hydrogens is 338 g/mol.